The van der Waals surface area contributed by atoms with E-state index in [2.05, 4.69) is 20.4 Å². The van der Waals surface area contributed by atoms with Gasteiger partial charge in [-0.25, -0.2) is 14.5 Å². The Labute approximate surface area is 192 Å². The standard InChI is InChI=1S/C22H19ClN6O2S/c1-11-5-12(13-6-18(23)25-9-17(13)31-2)14(8-24-11)19(30)27-20-28-29-10-16(26-21(29)32-20)15-7-22(15)3-4-22/h5-6,8-10,15H,3-4,7H2,1-2H3,(H,27,28,30)/t15-/m0/s1. The van der Waals surface area contributed by atoms with Crippen molar-refractivity contribution in [2.24, 2.45) is 5.41 Å². The number of anilines is 1. The van der Waals surface area contributed by atoms with Crippen LogP contribution in [0.5, 0.6) is 5.75 Å². The second kappa shape index (κ2) is 6.98. The minimum absolute atomic E-state index is 0.308. The summed E-state index contributed by atoms with van der Waals surface area (Å²) < 4.78 is 7.19. The Kier molecular flexibility index (Phi) is 4.28. The van der Waals surface area contributed by atoms with Gasteiger partial charge in [-0.15, -0.1) is 5.10 Å². The third-order valence-electron chi connectivity index (χ3n) is 6.35. The van der Waals surface area contributed by atoms with Crippen molar-refractivity contribution >= 4 is 38.9 Å². The number of aryl methyl sites for hydroxylation is 1. The van der Waals surface area contributed by atoms with Crippen LogP contribution in [0.2, 0.25) is 5.15 Å². The number of aromatic nitrogens is 5. The minimum atomic E-state index is -0.321. The van der Waals surface area contributed by atoms with Crippen molar-refractivity contribution in [1.29, 1.82) is 0 Å². The molecule has 2 fully saturated rings. The van der Waals surface area contributed by atoms with Crippen LogP contribution in [0.3, 0.4) is 0 Å². The maximum Gasteiger partial charge on any atom is 0.259 e. The Bertz CT molecular complexity index is 1360. The molecule has 0 aliphatic heterocycles. The van der Waals surface area contributed by atoms with Gasteiger partial charge in [0.05, 0.1) is 30.8 Å². The summed E-state index contributed by atoms with van der Waals surface area (Å²) in [5.41, 5.74) is 4.14. The van der Waals surface area contributed by atoms with Crippen LogP contribution in [0.4, 0.5) is 5.13 Å². The molecule has 0 aromatic carbocycles. The van der Waals surface area contributed by atoms with Crippen LogP contribution in [0.25, 0.3) is 16.1 Å². The molecule has 2 saturated carbocycles. The molecule has 32 heavy (non-hydrogen) atoms. The van der Waals surface area contributed by atoms with Gasteiger partial charge in [0.15, 0.2) is 0 Å². The fraction of sp³-hybridized carbons (Fsp3) is 0.318. The van der Waals surface area contributed by atoms with Gasteiger partial charge in [-0.05, 0) is 43.7 Å². The van der Waals surface area contributed by atoms with Crippen molar-refractivity contribution in [3.63, 3.8) is 0 Å². The number of halogens is 1. The Hall–Kier alpha value is -3.04. The molecule has 1 N–H and O–H groups in total. The Morgan fingerprint density at radius 1 is 1.28 bits per heavy atom. The van der Waals surface area contributed by atoms with E-state index in [0.29, 0.717) is 44.1 Å². The lowest BCUT2D eigenvalue weighted by molar-refractivity contribution is 0.102. The smallest absolute Gasteiger partial charge is 0.259 e. The van der Waals surface area contributed by atoms with Crippen molar-refractivity contribution in [3.8, 4) is 16.9 Å². The summed E-state index contributed by atoms with van der Waals surface area (Å²) in [5.74, 6) is 0.777. The van der Waals surface area contributed by atoms with Gasteiger partial charge in [-0.2, -0.15) is 0 Å². The number of imidazole rings is 1. The summed E-state index contributed by atoms with van der Waals surface area (Å²) in [4.78, 5) is 27.1. The van der Waals surface area contributed by atoms with Gasteiger partial charge in [0, 0.05) is 28.9 Å². The highest BCUT2D eigenvalue weighted by Crippen LogP contribution is 2.74. The Morgan fingerprint density at radius 2 is 2.12 bits per heavy atom. The first-order valence-corrected chi connectivity index (χ1v) is 11.5. The maximum atomic E-state index is 13.2. The number of nitrogens with zero attached hydrogens (tertiary/aromatic N) is 5. The zero-order chi connectivity index (χ0) is 22.0. The Morgan fingerprint density at radius 3 is 2.84 bits per heavy atom. The average molecular weight is 467 g/mol. The highest BCUT2D eigenvalue weighted by Gasteiger charge is 2.64. The number of fused-ring (bicyclic) bond motifs is 1. The zero-order valence-electron chi connectivity index (χ0n) is 17.4. The predicted octanol–water partition coefficient (Wildman–Crippen LogP) is 4.74. The first-order valence-electron chi connectivity index (χ1n) is 10.3. The number of ether oxygens (including phenoxy) is 1. The summed E-state index contributed by atoms with van der Waals surface area (Å²) in [6.07, 6.45) is 8.95. The molecule has 162 valence electrons. The number of nitrogens with one attached hydrogen (secondary N) is 1. The SMILES string of the molecule is COc1cnc(Cl)cc1-c1cc(C)ncc1C(=O)Nc1nn2cc([C@@H]3CC34CC4)nc2s1. The van der Waals surface area contributed by atoms with Gasteiger partial charge in [0.2, 0.25) is 10.1 Å². The normalized spacial score (nSPS) is 18.2. The molecule has 10 heteroatoms. The molecule has 2 aliphatic carbocycles. The first-order chi connectivity index (χ1) is 15.5. The van der Waals surface area contributed by atoms with Crippen LogP contribution in [-0.2, 0) is 0 Å². The molecule has 4 heterocycles. The van der Waals surface area contributed by atoms with Crippen LogP contribution in [0.1, 0.15) is 46.9 Å². The van der Waals surface area contributed by atoms with Gasteiger partial charge in [-0.1, -0.05) is 22.9 Å². The predicted molar refractivity (Wildman–Crippen MR) is 122 cm³/mol. The lowest BCUT2D eigenvalue weighted by Crippen LogP contribution is -2.14. The van der Waals surface area contributed by atoms with E-state index in [1.54, 1.807) is 23.9 Å². The second-order valence-electron chi connectivity index (χ2n) is 8.45. The second-order valence-corrected chi connectivity index (χ2v) is 9.80. The van der Waals surface area contributed by atoms with Crippen molar-refractivity contribution < 1.29 is 9.53 Å². The van der Waals surface area contributed by atoms with E-state index in [-0.39, 0.29) is 5.91 Å². The Balaban J connectivity index is 1.30. The van der Waals surface area contributed by atoms with Gasteiger partial charge >= 0.3 is 0 Å². The maximum absolute atomic E-state index is 13.2. The highest BCUT2D eigenvalue weighted by molar-refractivity contribution is 7.20. The molecule has 2 aliphatic rings. The molecule has 1 atom stereocenters. The molecule has 1 spiro atoms. The topological polar surface area (TPSA) is 94.3 Å². The van der Waals surface area contributed by atoms with Crippen molar-refractivity contribution in [1.82, 2.24) is 24.6 Å². The van der Waals surface area contributed by atoms with Crippen molar-refractivity contribution in [2.45, 2.75) is 32.1 Å². The zero-order valence-corrected chi connectivity index (χ0v) is 19.0. The number of hydrogen-bond donors (Lipinski definition) is 1. The van der Waals surface area contributed by atoms with Gasteiger partial charge < -0.3 is 4.74 Å². The third kappa shape index (κ3) is 3.23. The molecule has 8 nitrogen and oxygen atoms in total. The van der Waals surface area contributed by atoms with Crippen LogP contribution >= 0.6 is 22.9 Å². The molecule has 0 radical (unpaired) electrons. The number of carbonyl (C=O) groups is 1. The lowest BCUT2D eigenvalue weighted by atomic mass is 10.0. The number of carbonyl (C=O) groups excluding carboxylic acids is 1. The van der Waals surface area contributed by atoms with Gasteiger partial charge in [0.1, 0.15) is 10.9 Å². The lowest BCUT2D eigenvalue weighted by Gasteiger charge is -2.13. The molecule has 1 amide bonds. The van der Waals surface area contributed by atoms with Gasteiger partial charge in [0.25, 0.3) is 5.91 Å². The highest BCUT2D eigenvalue weighted by atomic mass is 35.5. The number of methoxy groups -OCH3 is 1. The van der Waals surface area contributed by atoms with E-state index in [4.69, 9.17) is 21.3 Å². The fourth-order valence-corrected chi connectivity index (χ4v) is 5.27. The third-order valence-corrected chi connectivity index (χ3v) is 7.40. The van der Waals surface area contributed by atoms with Crippen LogP contribution in [-0.4, -0.2) is 37.6 Å². The van der Waals surface area contributed by atoms with Crippen molar-refractivity contribution in [3.05, 3.63) is 52.8 Å². The van der Waals surface area contributed by atoms with Crippen molar-refractivity contribution in [2.75, 3.05) is 12.4 Å². The summed E-state index contributed by atoms with van der Waals surface area (Å²) in [7, 11) is 1.55. The van der Waals surface area contributed by atoms with E-state index in [0.717, 1.165) is 16.3 Å². The molecule has 0 bridgehead atoms. The number of rotatable bonds is 5. The van der Waals surface area contributed by atoms with Crippen LogP contribution < -0.4 is 10.1 Å². The number of hydrogen-bond acceptors (Lipinski definition) is 7. The minimum Gasteiger partial charge on any atom is -0.494 e. The molecular formula is C22H19ClN6O2S. The average Bonchev–Trinajstić information content (AvgIpc) is 3.62. The van der Waals surface area contributed by atoms with Crippen LogP contribution in [0.15, 0.2) is 30.7 Å². The molecule has 4 aromatic rings. The molecule has 0 saturated heterocycles. The molecular weight excluding hydrogens is 448 g/mol. The molecule has 4 aromatic heterocycles. The van der Waals surface area contributed by atoms with Crippen LogP contribution in [0, 0.1) is 12.3 Å². The van der Waals surface area contributed by atoms with E-state index in [1.807, 2.05) is 19.2 Å². The summed E-state index contributed by atoms with van der Waals surface area (Å²) in [5, 5.41) is 8.18. The summed E-state index contributed by atoms with van der Waals surface area (Å²) in [6, 6.07) is 3.50. The number of pyridine rings is 2. The summed E-state index contributed by atoms with van der Waals surface area (Å²) >= 11 is 7.47. The number of amides is 1. The van der Waals surface area contributed by atoms with E-state index in [1.165, 1.54) is 36.8 Å². The van der Waals surface area contributed by atoms with E-state index < -0.39 is 0 Å². The molecule has 6 rings (SSSR count). The first kappa shape index (κ1) is 19.6. The summed E-state index contributed by atoms with van der Waals surface area (Å²) in [6.45, 7) is 1.86. The monoisotopic (exact) mass is 466 g/mol. The van der Waals surface area contributed by atoms with E-state index in [9.17, 15) is 4.79 Å². The quantitative estimate of drug-likeness (QED) is 0.427. The van der Waals surface area contributed by atoms with E-state index >= 15 is 0 Å². The molecule has 0 unspecified atom stereocenters. The van der Waals surface area contributed by atoms with Gasteiger partial charge in [-0.3, -0.25) is 15.1 Å². The largest absolute Gasteiger partial charge is 0.494 e. The fourth-order valence-electron chi connectivity index (χ4n) is 4.33.